The van der Waals surface area contributed by atoms with E-state index in [2.05, 4.69) is 20.2 Å². The molecule has 0 N–H and O–H groups in total. The van der Waals surface area contributed by atoms with Crippen molar-refractivity contribution in [3.8, 4) is 10.7 Å². The molecule has 1 amide bonds. The number of ether oxygens (including phenoxy) is 1. The molecule has 0 saturated carbocycles. The Morgan fingerprint density at radius 3 is 3.05 bits per heavy atom. The third-order valence-corrected chi connectivity index (χ3v) is 4.19. The van der Waals surface area contributed by atoms with Crippen LogP contribution in [-0.2, 0) is 9.53 Å². The van der Waals surface area contributed by atoms with E-state index in [-0.39, 0.29) is 12.0 Å². The predicted molar refractivity (Wildman–Crippen MR) is 77.9 cm³/mol. The summed E-state index contributed by atoms with van der Waals surface area (Å²) in [6, 6.07) is 0. The lowest BCUT2D eigenvalue weighted by molar-refractivity contribution is -0.116. The maximum Gasteiger partial charge on any atom is 0.225 e. The molecular formula is C13H15N5O2S. The molecule has 2 aromatic heterocycles. The molecule has 110 valence electrons. The highest BCUT2D eigenvalue weighted by atomic mass is 32.1. The number of rotatable bonds is 4. The van der Waals surface area contributed by atoms with Gasteiger partial charge in [-0.15, -0.1) is 10.2 Å². The van der Waals surface area contributed by atoms with E-state index in [1.54, 1.807) is 23.5 Å². The van der Waals surface area contributed by atoms with Crippen LogP contribution in [0.25, 0.3) is 10.7 Å². The van der Waals surface area contributed by atoms with Crippen LogP contribution in [-0.4, -0.2) is 45.3 Å². The Bertz CT molecular complexity index is 612. The number of carbonyl (C=O) groups is 1. The first-order chi connectivity index (χ1) is 10.2. The molecule has 0 bridgehead atoms. The minimum absolute atomic E-state index is 0.0626. The smallest absolute Gasteiger partial charge is 0.225 e. The lowest BCUT2D eigenvalue weighted by Gasteiger charge is -2.20. The second-order valence-corrected chi connectivity index (χ2v) is 5.70. The second kappa shape index (κ2) is 6.23. The highest BCUT2D eigenvalue weighted by molar-refractivity contribution is 7.18. The Morgan fingerprint density at radius 2 is 2.38 bits per heavy atom. The number of nitrogens with zero attached hydrogens (tertiary/aromatic N) is 5. The van der Waals surface area contributed by atoms with Gasteiger partial charge in [-0.3, -0.25) is 19.7 Å². The van der Waals surface area contributed by atoms with Crippen molar-refractivity contribution in [3.63, 3.8) is 0 Å². The molecule has 1 fully saturated rings. The Morgan fingerprint density at radius 1 is 1.48 bits per heavy atom. The van der Waals surface area contributed by atoms with E-state index < -0.39 is 0 Å². The average Bonchev–Trinajstić information content (AvgIpc) is 3.17. The summed E-state index contributed by atoms with van der Waals surface area (Å²) in [5.41, 5.74) is 0.655. The van der Waals surface area contributed by atoms with Crippen LogP contribution in [0.5, 0.6) is 0 Å². The molecule has 0 aliphatic carbocycles. The fourth-order valence-electron chi connectivity index (χ4n) is 2.17. The molecule has 2 aromatic rings. The lowest BCUT2D eigenvalue weighted by Crippen LogP contribution is -2.35. The molecule has 1 atom stereocenters. The fraction of sp³-hybridized carbons (Fsp3) is 0.462. The van der Waals surface area contributed by atoms with Gasteiger partial charge in [0, 0.05) is 25.9 Å². The molecule has 0 spiro atoms. The number of hydrogen-bond acceptors (Lipinski definition) is 7. The monoisotopic (exact) mass is 305 g/mol. The molecule has 0 radical (unpaired) electrons. The minimum Gasteiger partial charge on any atom is -0.376 e. The van der Waals surface area contributed by atoms with Crippen molar-refractivity contribution in [2.75, 3.05) is 18.1 Å². The summed E-state index contributed by atoms with van der Waals surface area (Å²) in [5, 5.41) is 9.42. The summed E-state index contributed by atoms with van der Waals surface area (Å²) >= 11 is 1.33. The molecule has 0 unspecified atom stereocenters. The summed E-state index contributed by atoms with van der Waals surface area (Å²) in [6.45, 7) is 2.81. The second-order valence-electron chi connectivity index (χ2n) is 4.75. The van der Waals surface area contributed by atoms with Crippen molar-refractivity contribution in [2.45, 2.75) is 25.9 Å². The van der Waals surface area contributed by atoms with Crippen molar-refractivity contribution in [3.05, 3.63) is 18.6 Å². The Kier molecular flexibility index (Phi) is 4.16. The molecule has 3 rings (SSSR count). The molecule has 8 heteroatoms. The van der Waals surface area contributed by atoms with Crippen molar-refractivity contribution < 1.29 is 9.53 Å². The first kappa shape index (κ1) is 14.0. The van der Waals surface area contributed by atoms with E-state index in [0.717, 1.165) is 19.4 Å². The van der Waals surface area contributed by atoms with Crippen LogP contribution in [0.2, 0.25) is 0 Å². The van der Waals surface area contributed by atoms with Crippen LogP contribution in [0.15, 0.2) is 18.6 Å². The molecule has 7 nitrogen and oxygen atoms in total. The molecule has 1 aliphatic heterocycles. The lowest BCUT2D eigenvalue weighted by atomic mass is 10.2. The third kappa shape index (κ3) is 3.22. The topological polar surface area (TPSA) is 81.1 Å². The predicted octanol–water partition coefficient (Wildman–Crippen LogP) is 1.53. The highest BCUT2D eigenvalue weighted by Gasteiger charge is 2.24. The van der Waals surface area contributed by atoms with Crippen LogP contribution in [0.1, 0.15) is 19.8 Å². The van der Waals surface area contributed by atoms with Crippen LogP contribution >= 0.6 is 11.3 Å². The molecular weight excluding hydrogens is 290 g/mol. The van der Waals surface area contributed by atoms with Gasteiger partial charge in [0.15, 0.2) is 5.01 Å². The number of amides is 1. The van der Waals surface area contributed by atoms with Gasteiger partial charge in [-0.1, -0.05) is 11.3 Å². The van der Waals surface area contributed by atoms with Gasteiger partial charge in [0.1, 0.15) is 5.69 Å². The van der Waals surface area contributed by atoms with E-state index >= 15 is 0 Å². The maximum absolute atomic E-state index is 11.9. The summed E-state index contributed by atoms with van der Waals surface area (Å²) in [7, 11) is 0. The molecule has 0 aromatic carbocycles. The summed E-state index contributed by atoms with van der Waals surface area (Å²) in [4.78, 5) is 21.7. The van der Waals surface area contributed by atoms with Crippen molar-refractivity contribution in [1.29, 1.82) is 0 Å². The normalized spacial score (nSPS) is 17.9. The third-order valence-electron chi connectivity index (χ3n) is 3.22. The summed E-state index contributed by atoms with van der Waals surface area (Å²) in [6.07, 6.45) is 6.92. The van der Waals surface area contributed by atoms with Gasteiger partial charge in [-0.2, -0.15) is 0 Å². The Hall–Kier alpha value is -1.93. The van der Waals surface area contributed by atoms with E-state index in [4.69, 9.17) is 4.74 Å². The van der Waals surface area contributed by atoms with Crippen molar-refractivity contribution >= 4 is 22.4 Å². The van der Waals surface area contributed by atoms with Gasteiger partial charge in [-0.05, 0) is 12.8 Å². The van der Waals surface area contributed by atoms with Gasteiger partial charge in [-0.25, -0.2) is 0 Å². The first-order valence-electron chi connectivity index (χ1n) is 6.73. The van der Waals surface area contributed by atoms with E-state index in [1.807, 2.05) is 0 Å². The van der Waals surface area contributed by atoms with Crippen LogP contribution in [0.3, 0.4) is 0 Å². The van der Waals surface area contributed by atoms with Gasteiger partial charge >= 0.3 is 0 Å². The zero-order valence-electron chi connectivity index (χ0n) is 11.6. The number of hydrogen-bond donors (Lipinski definition) is 0. The largest absolute Gasteiger partial charge is 0.376 e. The van der Waals surface area contributed by atoms with Gasteiger partial charge < -0.3 is 4.74 Å². The standard InChI is InChI=1S/C13H15N5O2S/c1-9(19)18(8-10-3-2-6-20-10)13-17-16-12(21-13)11-7-14-4-5-15-11/h4-5,7,10H,2-3,6,8H2,1H3/t10-/m0/s1. The van der Waals surface area contributed by atoms with E-state index in [1.165, 1.54) is 18.3 Å². The van der Waals surface area contributed by atoms with Gasteiger partial charge in [0.05, 0.1) is 18.8 Å². The van der Waals surface area contributed by atoms with Crippen LogP contribution in [0, 0.1) is 0 Å². The Labute approximate surface area is 126 Å². The SMILES string of the molecule is CC(=O)N(C[C@@H]1CCCO1)c1nnc(-c2cnccn2)s1. The molecule has 21 heavy (non-hydrogen) atoms. The van der Waals surface area contributed by atoms with Gasteiger partial charge in [0.25, 0.3) is 0 Å². The quantitative estimate of drug-likeness (QED) is 0.852. The van der Waals surface area contributed by atoms with Crippen molar-refractivity contribution in [2.24, 2.45) is 0 Å². The summed E-state index contributed by atoms with van der Waals surface area (Å²) < 4.78 is 5.59. The van der Waals surface area contributed by atoms with Crippen LogP contribution < -0.4 is 4.90 Å². The highest BCUT2D eigenvalue weighted by Crippen LogP contribution is 2.28. The maximum atomic E-state index is 11.9. The van der Waals surface area contributed by atoms with Gasteiger partial charge in [0.2, 0.25) is 11.0 Å². The zero-order chi connectivity index (χ0) is 14.7. The fourth-order valence-corrected chi connectivity index (χ4v) is 3.03. The first-order valence-corrected chi connectivity index (χ1v) is 7.55. The molecule has 1 aliphatic rings. The van der Waals surface area contributed by atoms with E-state index in [0.29, 0.717) is 22.4 Å². The van der Waals surface area contributed by atoms with E-state index in [9.17, 15) is 4.79 Å². The molecule has 3 heterocycles. The zero-order valence-corrected chi connectivity index (χ0v) is 12.4. The molecule has 1 saturated heterocycles. The Balaban J connectivity index is 1.80. The summed E-state index contributed by atoms with van der Waals surface area (Å²) in [5.74, 6) is -0.0626. The number of aromatic nitrogens is 4. The minimum atomic E-state index is -0.0626. The number of carbonyl (C=O) groups excluding carboxylic acids is 1. The van der Waals surface area contributed by atoms with Crippen LogP contribution in [0.4, 0.5) is 5.13 Å². The average molecular weight is 305 g/mol. The number of anilines is 1. The van der Waals surface area contributed by atoms with Crippen molar-refractivity contribution in [1.82, 2.24) is 20.2 Å².